The molecule has 25 heavy (non-hydrogen) atoms. The monoisotopic (exact) mass is 351 g/mol. The zero-order chi connectivity index (χ0) is 18.2. The number of fused-ring (bicyclic) bond motifs is 1. The number of carbonyl (C=O) groups is 1. The Kier molecular flexibility index (Phi) is 4.32. The van der Waals surface area contributed by atoms with Crippen LogP contribution in [0.2, 0.25) is 0 Å². The Labute approximate surface area is 144 Å². The molecule has 0 bridgehead atoms. The van der Waals surface area contributed by atoms with Crippen LogP contribution >= 0.6 is 0 Å². The lowest BCUT2D eigenvalue weighted by atomic mass is 9.86. The molecule has 2 aliphatic rings. The number of benzene rings is 1. The predicted octanol–water partition coefficient (Wildman–Crippen LogP) is 2.79. The quantitative estimate of drug-likeness (QED) is 0.633. The third-order valence-corrected chi connectivity index (χ3v) is 3.91. The molecule has 9 nitrogen and oxygen atoms in total. The van der Waals surface area contributed by atoms with Crippen molar-refractivity contribution in [2.24, 2.45) is 0 Å². The van der Waals surface area contributed by atoms with E-state index in [0.717, 1.165) is 0 Å². The highest BCUT2D eigenvalue weighted by Crippen LogP contribution is 2.41. The van der Waals surface area contributed by atoms with Gasteiger partial charge in [-0.2, -0.15) is 0 Å². The van der Waals surface area contributed by atoms with Gasteiger partial charge in [0.1, 0.15) is 11.3 Å². The van der Waals surface area contributed by atoms with E-state index in [-0.39, 0.29) is 24.6 Å². The first-order valence-electron chi connectivity index (χ1n) is 8.05. The first-order valence-corrected chi connectivity index (χ1v) is 8.05. The molecule has 1 aliphatic carbocycles. The number of hydrogen-bond donors (Lipinski definition) is 2. The summed E-state index contributed by atoms with van der Waals surface area (Å²) in [5, 5.41) is 17.2. The summed E-state index contributed by atoms with van der Waals surface area (Å²) >= 11 is 0. The number of nitrogens with zero attached hydrogens (tertiary/aromatic N) is 1. The summed E-state index contributed by atoms with van der Waals surface area (Å²) in [6.07, 6.45) is 0.861. The number of nitrogens with one attached hydrogen (secondary N) is 2. The minimum atomic E-state index is -0.543. The zero-order valence-corrected chi connectivity index (χ0v) is 14.3. The van der Waals surface area contributed by atoms with Crippen LogP contribution in [0.3, 0.4) is 0 Å². The third-order valence-electron chi connectivity index (χ3n) is 3.91. The maximum atomic E-state index is 11.7. The fraction of sp³-hybridized carbons (Fsp3) is 0.562. The summed E-state index contributed by atoms with van der Waals surface area (Å²) in [4.78, 5) is 22.5. The highest BCUT2D eigenvalue weighted by atomic mass is 16.7. The van der Waals surface area contributed by atoms with Gasteiger partial charge in [0, 0.05) is 18.2 Å². The Morgan fingerprint density at radius 1 is 1.24 bits per heavy atom. The van der Waals surface area contributed by atoms with Gasteiger partial charge < -0.3 is 24.8 Å². The van der Waals surface area contributed by atoms with E-state index in [1.807, 2.05) is 0 Å². The van der Waals surface area contributed by atoms with Crippen LogP contribution in [0.15, 0.2) is 12.1 Å². The molecule has 1 aromatic carbocycles. The number of nitro benzene ring substituents is 1. The minimum absolute atomic E-state index is 0.0135. The molecule has 0 spiro atoms. The molecular formula is C16H21N3O6. The average Bonchev–Trinajstić information content (AvgIpc) is 2.89. The summed E-state index contributed by atoms with van der Waals surface area (Å²) in [6, 6.07) is 2.95. The second kappa shape index (κ2) is 6.30. The van der Waals surface area contributed by atoms with Crippen molar-refractivity contribution in [3.8, 4) is 11.5 Å². The normalized spacial score (nSPS) is 21.2. The van der Waals surface area contributed by atoms with Gasteiger partial charge in [-0.15, -0.1) is 0 Å². The second-order valence-corrected chi connectivity index (χ2v) is 7.14. The van der Waals surface area contributed by atoms with Crippen molar-refractivity contribution in [2.75, 3.05) is 12.1 Å². The number of alkyl carbamates (subject to hydrolysis) is 1. The number of carbonyl (C=O) groups excluding carboxylic acids is 1. The fourth-order valence-electron chi connectivity index (χ4n) is 2.75. The van der Waals surface area contributed by atoms with E-state index in [0.29, 0.717) is 30.0 Å². The molecule has 0 radical (unpaired) electrons. The van der Waals surface area contributed by atoms with Crippen LogP contribution < -0.4 is 20.1 Å². The molecule has 1 aliphatic heterocycles. The highest BCUT2D eigenvalue weighted by molar-refractivity contribution is 5.70. The molecule has 3 rings (SSSR count). The molecule has 2 N–H and O–H groups in total. The predicted molar refractivity (Wildman–Crippen MR) is 89.0 cm³/mol. The lowest BCUT2D eigenvalue weighted by Gasteiger charge is -2.37. The number of amides is 1. The molecule has 1 amide bonds. The lowest BCUT2D eigenvalue weighted by molar-refractivity contribution is -0.384. The molecule has 136 valence electrons. The minimum Gasteiger partial charge on any atom is -0.454 e. The first-order chi connectivity index (χ1) is 11.7. The Balaban J connectivity index is 1.57. The molecule has 9 heteroatoms. The van der Waals surface area contributed by atoms with Gasteiger partial charge in [-0.05, 0) is 33.6 Å². The van der Waals surface area contributed by atoms with E-state index in [1.165, 1.54) is 6.07 Å². The largest absolute Gasteiger partial charge is 0.454 e. The average molecular weight is 351 g/mol. The van der Waals surface area contributed by atoms with Crippen LogP contribution in [0.5, 0.6) is 11.5 Å². The summed E-state index contributed by atoms with van der Waals surface area (Å²) in [7, 11) is 0. The van der Waals surface area contributed by atoms with Crippen molar-refractivity contribution in [1.82, 2.24) is 5.32 Å². The van der Waals surface area contributed by atoms with E-state index in [9.17, 15) is 14.9 Å². The van der Waals surface area contributed by atoms with Crippen molar-refractivity contribution in [3.63, 3.8) is 0 Å². The molecule has 1 saturated carbocycles. The highest BCUT2D eigenvalue weighted by Gasteiger charge is 2.33. The van der Waals surface area contributed by atoms with Crippen LogP contribution in [-0.2, 0) is 4.74 Å². The molecule has 0 atom stereocenters. The molecule has 0 unspecified atom stereocenters. The molecule has 1 fully saturated rings. The third kappa shape index (κ3) is 4.04. The number of hydrogen-bond acceptors (Lipinski definition) is 7. The van der Waals surface area contributed by atoms with Gasteiger partial charge in [0.2, 0.25) is 6.79 Å². The summed E-state index contributed by atoms with van der Waals surface area (Å²) in [6.45, 7) is 5.46. The van der Waals surface area contributed by atoms with Crippen molar-refractivity contribution >= 4 is 17.5 Å². The van der Waals surface area contributed by atoms with Crippen LogP contribution in [0.1, 0.15) is 33.6 Å². The number of ether oxygens (including phenoxy) is 3. The summed E-state index contributed by atoms with van der Waals surface area (Å²) in [5.74, 6) is 0.853. The molecule has 1 heterocycles. The van der Waals surface area contributed by atoms with E-state index >= 15 is 0 Å². The van der Waals surface area contributed by atoms with Gasteiger partial charge in [-0.1, -0.05) is 0 Å². The fourth-order valence-corrected chi connectivity index (χ4v) is 2.75. The second-order valence-electron chi connectivity index (χ2n) is 7.14. The summed E-state index contributed by atoms with van der Waals surface area (Å²) < 4.78 is 15.7. The van der Waals surface area contributed by atoms with Crippen molar-refractivity contribution < 1.29 is 23.9 Å². The van der Waals surface area contributed by atoms with Gasteiger partial charge in [0.25, 0.3) is 5.69 Å². The number of nitro groups is 1. The van der Waals surface area contributed by atoms with Gasteiger partial charge in [-0.25, -0.2) is 4.79 Å². The standard InChI is InChI=1S/C16H21N3O6/c1-16(2,3)25-15(20)18-10-4-9(5-10)17-11-6-13-14(24-8-23-13)7-12(11)19(21)22/h6-7,9-10,17H,4-5,8H2,1-3H3,(H,18,20). The lowest BCUT2D eigenvalue weighted by Crippen LogP contribution is -2.50. The van der Waals surface area contributed by atoms with Crippen LogP contribution in [0, 0.1) is 10.1 Å². The molecular weight excluding hydrogens is 330 g/mol. The molecule has 0 aromatic heterocycles. The van der Waals surface area contributed by atoms with Gasteiger partial charge in [0.15, 0.2) is 11.5 Å². The topological polar surface area (TPSA) is 112 Å². The maximum Gasteiger partial charge on any atom is 0.407 e. The van der Waals surface area contributed by atoms with Gasteiger partial charge in [-0.3, -0.25) is 10.1 Å². The maximum absolute atomic E-state index is 11.7. The first kappa shape index (κ1) is 17.1. The van der Waals surface area contributed by atoms with Crippen molar-refractivity contribution in [1.29, 1.82) is 0 Å². The Hall–Kier alpha value is -2.71. The number of anilines is 1. The van der Waals surface area contributed by atoms with E-state index < -0.39 is 16.6 Å². The van der Waals surface area contributed by atoms with Crippen LogP contribution in [-0.4, -0.2) is 35.5 Å². The van der Waals surface area contributed by atoms with E-state index in [2.05, 4.69) is 10.6 Å². The summed E-state index contributed by atoms with van der Waals surface area (Å²) in [5.41, 5.74) is -0.221. The Morgan fingerprint density at radius 3 is 2.48 bits per heavy atom. The van der Waals surface area contributed by atoms with Crippen molar-refractivity contribution in [2.45, 2.75) is 51.3 Å². The van der Waals surface area contributed by atoms with Crippen LogP contribution in [0.25, 0.3) is 0 Å². The molecule has 1 aromatic rings. The zero-order valence-electron chi connectivity index (χ0n) is 14.3. The molecule has 0 saturated heterocycles. The SMILES string of the molecule is CC(C)(C)OC(=O)NC1CC(Nc2cc3c(cc2[N+](=O)[O-])OCO3)C1. The Morgan fingerprint density at radius 2 is 1.88 bits per heavy atom. The van der Waals surface area contributed by atoms with Crippen molar-refractivity contribution in [3.05, 3.63) is 22.2 Å². The van der Waals surface area contributed by atoms with E-state index in [1.54, 1.807) is 26.8 Å². The van der Waals surface area contributed by atoms with Crippen LogP contribution in [0.4, 0.5) is 16.2 Å². The van der Waals surface area contributed by atoms with Gasteiger partial charge >= 0.3 is 6.09 Å². The smallest absolute Gasteiger partial charge is 0.407 e. The van der Waals surface area contributed by atoms with Gasteiger partial charge in [0.05, 0.1) is 11.0 Å². The van der Waals surface area contributed by atoms with E-state index in [4.69, 9.17) is 14.2 Å². The number of rotatable bonds is 4. The Bertz CT molecular complexity index is 694.